The molecule has 0 bridgehead atoms. The van der Waals surface area contributed by atoms with Crippen LogP contribution in [0.1, 0.15) is 27.7 Å². The van der Waals surface area contributed by atoms with Crippen molar-refractivity contribution in [3.8, 4) is 0 Å². The predicted molar refractivity (Wildman–Crippen MR) is 36.7 cm³/mol. The Labute approximate surface area is 56.8 Å². The molecule has 0 saturated carbocycles. The average Bonchev–Trinajstić information content (AvgIpc) is 2.39. The molecule has 0 aromatic heterocycles. The third-order valence-electron chi connectivity index (χ3n) is 1.51. The van der Waals surface area contributed by atoms with Crippen molar-refractivity contribution in [2.75, 3.05) is 0 Å². The van der Waals surface area contributed by atoms with E-state index in [-0.39, 0.29) is 0 Å². The highest BCUT2D eigenvalue weighted by atomic mass is 16.8. The van der Waals surface area contributed by atoms with Gasteiger partial charge in [-0.25, -0.2) is 0 Å². The fraction of sp³-hybridized carbons (Fsp3) is 1.00. The van der Waals surface area contributed by atoms with Crippen LogP contribution in [0.25, 0.3) is 0 Å². The summed E-state index contributed by atoms with van der Waals surface area (Å²) in [6.45, 7) is 8.63. The van der Waals surface area contributed by atoms with E-state index in [4.69, 9.17) is 4.84 Å². The van der Waals surface area contributed by atoms with Crippen LogP contribution in [0.5, 0.6) is 0 Å². The Morgan fingerprint density at radius 3 is 1.89 bits per heavy atom. The summed E-state index contributed by atoms with van der Waals surface area (Å²) in [5.41, 5.74) is 0. The maximum atomic E-state index is 5.27. The van der Waals surface area contributed by atoms with Crippen LogP contribution in [0.3, 0.4) is 0 Å². The van der Waals surface area contributed by atoms with Crippen molar-refractivity contribution >= 4 is 0 Å². The Bertz CT molecular complexity index is 89.1. The minimum Gasteiger partial charge on any atom is -0.275 e. The molecular formula is C7H15NO. The molecule has 1 rings (SSSR count). The van der Waals surface area contributed by atoms with Gasteiger partial charge in [0.25, 0.3) is 0 Å². The van der Waals surface area contributed by atoms with Crippen LogP contribution in [-0.2, 0) is 4.84 Å². The van der Waals surface area contributed by atoms with Gasteiger partial charge in [0.2, 0.25) is 0 Å². The quantitative estimate of drug-likeness (QED) is 0.526. The van der Waals surface area contributed by atoms with E-state index in [2.05, 4.69) is 27.7 Å². The summed E-state index contributed by atoms with van der Waals surface area (Å²) in [6.07, 6.45) is 0.394. The zero-order valence-electron chi connectivity index (χ0n) is 6.59. The molecule has 9 heavy (non-hydrogen) atoms. The molecular weight excluding hydrogens is 114 g/mol. The average molecular weight is 129 g/mol. The molecule has 1 aliphatic rings. The van der Waals surface area contributed by atoms with Gasteiger partial charge in [-0.3, -0.25) is 4.84 Å². The van der Waals surface area contributed by atoms with E-state index in [1.165, 1.54) is 0 Å². The predicted octanol–water partition coefficient (Wildman–Crippen LogP) is 1.62. The van der Waals surface area contributed by atoms with Crippen LogP contribution < -0.4 is 0 Å². The third kappa shape index (κ3) is 1.43. The second kappa shape index (κ2) is 2.27. The van der Waals surface area contributed by atoms with Gasteiger partial charge in [0, 0.05) is 6.04 Å². The van der Waals surface area contributed by atoms with E-state index in [9.17, 15) is 0 Å². The first-order valence-electron chi connectivity index (χ1n) is 3.58. The zero-order valence-corrected chi connectivity index (χ0v) is 6.59. The van der Waals surface area contributed by atoms with Gasteiger partial charge in [0.1, 0.15) is 0 Å². The summed E-state index contributed by atoms with van der Waals surface area (Å²) in [5.74, 6) is 0.632. The summed E-state index contributed by atoms with van der Waals surface area (Å²) >= 11 is 0. The number of nitrogens with zero attached hydrogens (tertiary/aromatic N) is 1. The Morgan fingerprint density at radius 2 is 1.78 bits per heavy atom. The summed E-state index contributed by atoms with van der Waals surface area (Å²) < 4.78 is 0. The van der Waals surface area contributed by atoms with Crippen molar-refractivity contribution < 1.29 is 4.84 Å². The SMILES string of the molecule is CC(C)C1ON1C(C)C. The first kappa shape index (κ1) is 7.03. The van der Waals surface area contributed by atoms with E-state index < -0.39 is 0 Å². The zero-order chi connectivity index (χ0) is 7.02. The molecule has 0 aliphatic carbocycles. The monoisotopic (exact) mass is 129 g/mol. The smallest absolute Gasteiger partial charge is 0.157 e. The molecule has 2 unspecified atom stereocenters. The fourth-order valence-electron chi connectivity index (χ4n) is 0.929. The van der Waals surface area contributed by atoms with Crippen molar-refractivity contribution in [2.24, 2.45) is 5.92 Å². The van der Waals surface area contributed by atoms with Gasteiger partial charge in [0.05, 0.1) is 0 Å². The lowest BCUT2D eigenvalue weighted by atomic mass is 10.2. The standard InChI is InChI=1S/C7H15NO/c1-5(2)7-8(9-7)6(3)4/h5-7H,1-4H3. The van der Waals surface area contributed by atoms with Gasteiger partial charge in [-0.2, -0.15) is 5.06 Å². The van der Waals surface area contributed by atoms with Crippen LogP contribution in [-0.4, -0.2) is 17.3 Å². The summed E-state index contributed by atoms with van der Waals surface area (Å²) in [5, 5.41) is 2.03. The molecule has 0 radical (unpaired) electrons. The number of hydrogen-bond acceptors (Lipinski definition) is 2. The van der Waals surface area contributed by atoms with Gasteiger partial charge in [-0.1, -0.05) is 13.8 Å². The molecule has 1 fully saturated rings. The van der Waals surface area contributed by atoms with Crippen LogP contribution in [0, 0.1) is 5.92 Å². The van der Waals surface area contributed by atoms with Crippen molar-refractivity contribution in [3.05, 3.63) is 0 Å². The lowest BCUT2D eigenvalue weighted by Crippen LogP contribution is -2.14. The van der Waals surface area contributed by atoms with E-state index in [1.54, 1.807) is 0 Å². The lowest BCUT2D eigenvalue weighted by molar-refractivity contribution is 0.163. The van der Waals surface area contributed by atoms with Gasteiger partial charge < -0.3 is 0 Å². The van der Waals surface area contributed by atoms with Crippen molar-refractivity contribution in [2.45, 2.75) is 40.0 Å². The first-order valence-corrected chi connectivity index (χ1v) is 3.58. The van der Waals surface area contributed by atoms with Gasteiger partial charge in [-0.15, -0.1) is 0 Å². The molecule has 54 valence electrons. The summed E-state index contributed by atoms with van der Waals surface area (Å²) in [7, 11) is 0. The molecule has 2 heteroatoms. The van der Waals surface area contributed by atoms with Crippen molar-refractivity contribution in [1.29, 1.82) is 0 Å². The minimum absolute atomic E-state index is 0.394. The van der Waals surface area contributed by atoms with Gasteiger partial charge in [0.15, 0.2) is 6.23 Å². The molecule has 0 spiro atoms. The molecule has 0 aromatic rings. The van der Waals surface area contributed by atoms with E-state index >= 15 is 0 Å². The molecule has 0 N–H and O–H groups in total. The third-order valence-corrected chi connectivity index (χ3v) is 1.51. The minimum atomic E-state index is 0.394. The number of rotatable bonds is 2. The maximum absolute atomic E-state index is 5.27. The van der Waals surface area contributed by atoms with Crippen LogP contribution >= 0.6 is 0 Å². The highest BCUT2D eigenvalue weighted by Crippen LogP contribution is 2.29. The second-order valence-electron chi connectivity index (χ2n) is 3.19. The molecule has 0 aromatic carbocycles. The molecule has 0 amide bonds. The molecule has 1 saturated heterocycles. The fourth-order valence-corrected chi connectivity index (χ4v) is 0.929. The summed E-state index contributed by atoms with van der Waals surface area (Å²) in [6, 6.07) is 0.539. The van der Waals surface area contributed by atoms with Crippen LogP contribution in [0.15, 0.2) is 0 Å². The molecule has 1 aliphatic heterocycles. The van der Waals surface area contributed by atoms with Gasteiger partial charge in [-0.05, 0) is 19.8 Å². The Hall–Kier alpha value is -0.0800. The maximum Gasteiger partial charge on any atom is 0.157 e. The number of hydroxylamine groups is 2. The summed E-state index contributed by atoms with van der Waals surface area (Å²) in [4.78, 5) is 5.27. The molecule has 2 atom stereocenters. The highest BCUT2D eigenvalue weighted by molar-refractivity contribution is 4.72. The Kier molecular flexibility index (Phi) is 1.78. The molecule has 1 heterocycles. The molecule has 2 nitrogen and oxygen atoms in total. The normalized spacial score (nSPS) is 34.0. The van der Waals surface area contributed by atoms with Crippen LogP contribution in [0.2, 0.25) is 0 Å². The largest absolute Gasteiger partial charge is 0.275 e. The Morgan fingerprint density at radius 1 is 1.22 bits per heavy atom. The van der Waals surface area contributed by atoms with Crippen molar-refractivity contribution in [3.63, 3.8) is 0 Å². The number of hydrogen-bond donors (Lipinski definition) is 0. The first-order chi connectivity index (χ1) is 4.13. The van der Waals surface area contributed by atoms with E-state index in [1.807, 2.05) is 5.06 Å². The van der Waals surface area contributed by atoms with E-state index in [0.29, 0.717) is 18.2 Å². The van der Waals surface area contributed by atoms with E-state index in [0.717, 1.165) is 0 Å². The van der Waals surface area contributed by atoms with Crippen LogP contribution in [0.4, 0.5) is 0 Å². The second-order valence-corrected chi connectivity index (χ2v) is 3.19. The van der Waals surface area contributed by atoms with Crippen molar-refractivity contribution in [1.82, 2.24) is 5.06 Å². The topological polar surface area (TPSA) is 15.5 Å². The Balaban J connectivity index is 2.24. The highest BCUT2D eigenvalue weighted by Gasteiger charge is 2.40. The van der Waals surface area contributed by atoms with Gasteiger partial charge >= 0.3 is 0 Å². The lowest BCUT2D eigenvalue weighted by Gasteiger charge is -2.01.